The van der Waals surface area contributed by atoms with Crippen LogP contribution in [0.4, 0.5) is 5.69 Å². The summed E-state index contributed by atoms with van der Waals surface area (Å²) in [6, 6.07) is 24.3. The van der Waals surface area contributed by atoms with Gasteiger partial charge in [-0.15, -0.1) is 0 Å². The Bertz CT molecular complexity index is 954. The van der Waals surface area contributed by atoms with Crippen LogP contribution in [0, 0.1) is 0 Å². The van der Waals surface area contributed by atoms with Gasteiger partial charge in [0.1, 0.15) is 5.75 Å². The molecule has 1 saturated heterocycles. The Morgan fingerprint density at radius 2 is 1.68 bits per heavy atom. The minimum Gasteiger partial charge on any atom is -0.481 e. The molecule has 0 aliphatic carbocycles. The van der Waals surface area contributed by atoms with Gasteiger partial charge in [-0.25, -0.2) is 0 Å². The number of para-hydroxylation sites is 1. The number of aliphatic carboxylic acids is 1. The predicted molar refractivity (Wildman–Crippen MR) is 120 cm³/mol. The number of piperazine rings is 1. The second kappa shape index (κ2) is 10.1. The summed E-state index contributed by atoms with van der Waals surface area (Å²) in [7, 11) is 0. The van der Waals surface area contributed by atoms with Crippen LogP contribution >= 0.6 is 0 Å². The Labute approximate surface area is 182 Å². The van der Waals surface area contributed by atoms with Crippen molar-refractivity contribution in [1.82, 2.24) is 9.88 Å². The lowest BCUT2D eigenvalue weighted by atomic mass is 10.0. The molecule has 2 unspecified atom stereocenters. The van der Waals surface area contributed by atoms with E-state index in [0.29, 0.717) is 6.42 Å². The third-order valence-electron chi connectivity index (χ3n) is 5.62. The largest absolute Gasteiger partial charge is 0.481 e. The van der Waals surface area contributed by atoms with Crippen molar-refractivity contribution in [2.75, 3.05) is 24.5 Å². The van der Waals surface area contributed by atoms with Gasteiger partial charge in [0.2, 0.25) is 0 Å². The lowest BCUT2D eigenvalue weighted by molar-refractivity contribution is -0.138. The van der Waals surface area contributed by atoms with Crippen LogP contribution in [-0.2, 0) is 4.79 Å². The van der Waals surface area contributed by atoms with Crippen molar-refractivity contribution in [3.05, 3.63) is 90.8 Å². The first-order valence-electron chi connectivity index (χ1n) is 10.6. The molecule has 3 aromatic rings. The van der Waals surface area contributed by atoms with Crippen molar-refractivity contribution in [2.45, 2.75) is 25.1 Å². The highest BCUT2D eigenvalue weighted by Gasteiger charge is 2.33. The number of carbonyl (C=O) groups is 1. The van der Waals surface area contributed by atoms with Crippen LogP contribution in [0.1, 0.15) is 24.4 Å². The molecule has 0 spiro atoms. The molecule has 0 bridgehead atoms. The number of hydrogen-bond acceptors (Lipinski definition) is 5. The van der Waals surface area contributed by atoms with Crippen LogP contribution in [0.5, 0.6) is 5.75 Å². The fourth-order valence-electron chi connectivity index (χ4n) is 4.09. The molecule has 1 N–H and O–H groups in total. The van der Waals surface area contributed by atoms with Crippen LogP contribution in [0.2, 0.25) is 0 Å². The zero-order valence-electron chi connectivity index (χ0n) is 17.4. The predicted octanol–water partition coefficient (Wildman–Crippen LogP) is 4.21. The Kier molecular flexibility index (Phi) is 6.79. The number of anilines is 1. The summed E-state index contributed by atoms with van der Waals surface area (Å²) < 4.78 is 6.26. The molecule has 1 aromatic heterocycles. The highest BCUT2D eigenvalue weighted by atomic mass is 16.5. The van der Waals surface area contributed by atoms with Crippen molar-refractivity contribution in [3.8, 4) is 5.75 Å². The summed E-state index contributed by atoms with van der Waals surface area (Å²) in [5.41, 5.74) is 2.36. The molecule has 2 aromatic carbocycles. The second-order valence-corrected chi connectivity index (χ2v) is 7.64. The summed E-state index contributed by atoms with van der Waals surface area (Å²) in [6.45, 7) is 2.33. The number of rotatable bonds is 8. The third-order valence-corrected chi connectivity index (χ3v) is 5.62. The van der Waals surface area contributed by atoms with Crippen molar-refractivity contribution in [3.63, 3.8) is 0 Å². The van der Waals surface area contributed by atoms with Crippen molar-refractivity contribution >= 4 is 11.7 Å². The van der Waals surface area contributed by atoms with E-state index in [4.69, 9.17) is 4.74 Å². The van der Waals surface area contributed by atoms with Crippen LogP contribution in [0.15, 0.2) is 85.2 Å². The molecule has 0 amide bonds. The molecule has 6 heteroatoms. The summed E-state index contributed by atoms with van der Waals surface area (Å²) in [5, 5.41) is 9.26. The molecule has 4 rings (SSSR count). The van der Waals surface area contributed by atoms with E-state index in [-0.39, 0.29) is 18.7 Å². The van der Waals surface area contributed by atoms with Gasteiger partial charge in [0.15, 0.2) is 6.23 Å². The lowest BCUT2D eigenvalue weighted by Gasteiger charge is -2.45. The zero-order chi connectivity index (χ0) is 21.5. The van der Waals surface area contributed by atoms with Gasteiger partial charge >= 0.3 is 5.97 Å². The first-order valence-corrected chi connectivity index (χ1v) is 10.6. The van der Waals surface area contributed by atoms with E-state index < -0.39 is 5.97 Å². The van der Waals surface area contributed by atoms with E-state index in [0.717, 1.165) is 31.1 Å². The summed E-state index contributed by atoms with van der Waals surface area (Å²) in [6.07, 6.45) is 3.83. The third kappa shape index (κ3) is 5.41. The second-order valence-electron chi connectivity index (χ2n) is 7.64. The summed E-state index contributed by atoms with van der Waals surface area (Å²) >= 11 is 0. The number of benzene rings is 2. The number of carboxylic acids is 1. The van der Waals surface area contributed by atoms with E-state index in [1.54, 1.807) is 0 Å². The van der Waals surface area contributed by atoms with E-state index >= 15 is 0 Å². The SMILES string of the molecule is O=C(O)CCC(Oc1ccccc1)N1CCN(c2ccncc2)C(c2ccccc2)C1. The normalized spacial score (nSPS) is 17.8. The number of pyridine rings is 1. The number of hydrogen-bond donors (Lipinski definition) is 1. The molecule has 1 aliphatic rings. The fourth-order valence-corrected chi connectivity index (χ4v) is 4.09. The van der Waals surface area contributed by atoms with E-state index in [1.165, 1.54) is 5.56 Å². The van der Waals surface area contributed by atoms with Crippen LogP contribution in [0.25, 0.3) is 0 Å². The molecule has 1 fully saturated rings. The van der Waals surface area contributed by atoms with Crippen LogP contribution in [-0.4, -0.2) is 46.8 Å². The smallest absolute Gasteiger partial charge is 0.303 e. The van der Waals surface area contributed by atoms with Gasteiger partial charge in [-0.1, -0.05) is 48.5 Å². The van der Waals surface area contributed by atoms with Gasteiger partial charge in [0.25, 0.3) is 0 Å². The molecule has 0 saturated carbocycles. The molecule has 31 heavy (non-hydrogen) atoms. The average Bonchev–Trinajstić information content (AvgIpc) is 2.83. The number of ether oxygens (including phenoxy) is 1. The number of carboxylic acid groups (broad SMARTS) is 1. The van der Waals surface area contributed by atoms with Gasteiger partial charge < -0.3 is 14.7 Å². The topological polar surface area (TPSA) is 65.9 Å². The molecule has 2 heterocycles. The first-order chi connectivity index (χ1) is 15.2. The number of nitrogens with zero attached hydrogens (tertiary/aromatic N) is 3. The maximum absolute atomic E-state index is 11.3. The number of aromatic nitrogens is 1. The summed E-state index contributed by atoms with van der Waals surface area (Å²) in [4.78, 5) is 20.1. The maximum Gasteiger partial charge on any atom is 0.303 e. The van der Waals surface area contributed by atoms with Gasteiger partial charge in [0.05, 0.1) is 12.5 Å². The zero-order valence-corrected chi connectivity index (χ0v) is 17.4. The summed E-state index contributed by atoms with van der Waals surface area (Å²) in [5.74, 6) is -0.0533. The Morgan fingerprint density at radius 1 is 1.00 bits per heavy atom. The van der Waals surface area contributed by atoms with Crippen molar-refractivity contribution < 1.29 is 14.6 Å². The van der Waals surface area contributed by atoms with Gasteiger partial charge in [-0.05, 0) is 29.8 Å². The molecule has 6 nitrogen and oxygen atoms in total. The van der Waals surface area contributed by atoms with E-state index in [9.17, 15) is 9.90 Å². The first kappa shape index (κ1) is 20.9. The van der Waals surface area contributed by atoms with Crippen molar-refractivity contribution in [2.24, 2.45) is 0 Å². The maximum atomic E-state index is 11.3. The Hall–Kier alpha value is -3.38. The highest BCUT2D eigenvalue weighted by molar-refractivity contribution is 5.66. The lowest BCUT2D eigenvalue weighted by Crippen LogP contribution is -2.53. The minimum absolute atomic E-state index is 0.0675. The van der Waals surface area contributed by atoms with E-state index in [1.807, 2.05) is 60.9 Å². The quantitative estimate of drug-likeness (QED) is 0.592. The molecule has 0 radical (unpaired) electrons. The van der Waals surface area contributed by atoms with Crippen LogP contribution < -0.4 is 9.64 Å². The Balaban J connectivity index is 1.59. The van der Waals surface area contributed by atoms with Gasteiger partial charge in [-0.3, -0.25) is 14.7 Å². The molecular formula is C25H27N3O3. The molecule has 2 atom stereocenters. The molecule has 1 aliphatic heterocycles. The van der Waals surface area contributed by atoms with E-state index in [2.05, 4.69) is 39.0 Å². The standard InChI is InChI=1S/C25H27N3O3/c29-25(30)12-11-24(31-22-9-5-2-6-10-22)27-17-18-28(21-13-15-26-16-14-21)23(19-27)20-7-3-1-4-8-20/h1-10,13-16,23-24H,11-12,17-19H2,(H,29,30). The fraction of sp³-hybridized carbons (Fsp3) is 0.280. The van der Waals surface area contributed by atoms with Crippen LogP contribution in [0.3, 0.4) is 0 Å². The monoisotopic (exact) mass is 417 g/mol. The van der Waals surface area contributed by atoms with Gasteiger partial charge in [0, 0.05) is 44.1 Å². The highest BCUT2D eigenvalue weighted by Crippen LogP contribution is 2.32. The Morgan fingerprint density at radius 3 is 2.35 bits per heavy atom. The average molecular weight is 418 g/mol. The molecule has 160 valence electrons. The molecular weight excluding hydrogens is 390 g/mol. The van der Waals surface area contributed by atoms with Crippen molar-refractivity contribution in [1.29, 1.82) is 0 Å². The van der Waals surface area contributed by atoms with Gasteiger partial charge in [-0.2, -0.15) is 0 Å². The minimum atomic E-state index is -0.809.